The molecule has 0 aromatic carbocycles. The molecule has 8 heteroatoms. The molecule has 0 aliphatic rings. The van der Waals surface area contributed by atoms with E-state index in [1.807, 2.05) is 0 Å². The summed E-state index contributed by atoms with van der Waals surface area (Å²) in [6.07, 6.45) is -4.04. The Balaban J connectivity index is 3.25. The van der Waals surface area contributed by atoms with Crippen LogP contribution >= 0.6 is 0 Å². The van der Waals surface area contributed by atoms with Gasteiger partial charge in [-0.2, -0.15) is 0 Å². The summed E-state index contributed by atoms with van der Waals surface area (Å²) in [7, 11) is 0. The number of aliphatic hydroxyl groups excluding tert-OH is 1. The quantitative estimate of drug-likeness (QED) is 0.719. The van der Waals surface area contributed by atoms with Crippen molar-refractivity contribution in [2.24, 2.45) is 5.73 Å². The number of rotatable bonds is 3. The van der Waals surface area contributed by atoms with Crippen LogP contribution in [0.3, 0.4) is 0 Å². The molecule has 0 aliphatic heterocycles. The summed E-state index contributed by atoms with van der Waals surface area (Å²) in [5, 5.41) is 18.0. The van der Waals surface area contributed by atoms with Gasteiger partial charge in [-0.05, 0) is 0 Å². The maximum Gasteiger partial charge on any atom is 0.573 e. The van der Waals surface area contributed by atoms with Crippen molar-refractivity contribution in [3.05, 3.63) is 17.5 Å². The average Bonchev–Trinajstić information content (AvgIpc) is 2.16. The lowest BCUT2D eigenvalue weighted by Crippen LogP contribution is -2.20. The van der Waals surface area contributed by atoms with Crippen molar-refractivity contribution in [2.75, 3.05) is 0 Å². The topological polar surface area (TPSA) is 88.6 Å². The second-order valence-corrected chi connectivity index (χ2v) is 2.81. The first-order valence-electron chi connectivity index (χ1n) is 4.15. The van der Waals surface area contributed by atoms with Crippen LogP contribution in [-0.2, 0) is 13.2 Å². The van der Waals surface area contributed by atoms with Crippen LogP contribution in [0.4, 0.5) is 13.2 Å². The molecule has 0 atom stereocenters. The van der Waals surface area contributed by atoms with E-state index in [4.69, 9.17) is 10.8 Å². The van der Waals surface area contributed by atoms with E-state index in [0.29, 0.717) is 0 Å². The lowest BCUT2D eigenvalue weighted by Gasteiger charge is -2.15. The van der Waals surface area contributed by atoms with E-state index in [0.717, 1.165) is 6.20 Å². The van der Waals surface area contributed by atoms with Crippen molar-refractivity contribution in [3.63, 3.8) is 0 Å². The zero-order chi connectivity index (χ0) is 12.3. The predicted molar refractivity (Wildman–Crippen MR) is 46.4 cm³/mol. The fourth-order valence-electron chi connectivity index (χ4n) is 1.11. The summed E-state index contributed by atoms with van der Waals surface area (Å²) in [6.45, 7) is -1.12. The van der Waals surface area contributed by atoms with Gasteiger partial charge in [0.15, 0.2) is 5.75 Å². The molecule has 5 nitrogen and oxygen atoms in total. The molecule has 1 heterocycles. The molecule has 90 valence electrons. The van der Waals surface area contributed by atoms with Gasteiger partial charge in [-0.3, -0.25) is 4.98 Å². The Hall–Kier alpha value is -1.54. The molecule has 16 heavy (non-hydrogen) atoms. The Morgan fingerprint density at radius 3 is 2.50 bits per heavy atom. The van der Waals surface area contributed by atoms with Gasteiger partial charge in [-0.1, -0.05) is 0 Å². The third-order valence-corrected chi connectivity index (χ3v) is 1.76. The molecule has 0 saturated carbocycles. The fraction of sp³-hybridized carbons (Fsp3) is 0.375. The van der Waals surface area contributed by atoms with Gasteiger partial charge < -0.3 is 20.7 Å². The highest BCUT2D eigenvalue weighted by Crippen LogP contribution is 2.33. The molecule has 1 aromatic heterocycles. The largest absolute Gasteiger partial charge is 0.573 e. The lowest BCUT2D eigenvalue weighted by molar-refractivity contribution is -0.275. The van der Waals surface area contributed by atoms with E-state index in [1.165, 1.54) is 0 Å². The number of aromatic nitrogens is 1. The normalized spacial score (nSPS) is 11.6. The Morgan fingerprint density at radius 2 is 2.06 bits per heavy atom. The molecule has 1 aromatic rings. The van der Waals surface area contributed by atoms with Gasteiger partial charge in [-0.15, -0.1) is 13.2 Å². The second-order valence-electron chi connectivity index (χ2n) is 2.81. The summed E-state index contributed by atoms with van der Waals surface area (Å²) in [6, 6.07) is 0. The van der Waals surface area contributed by atoms with Crippen LogP contribution in [0.2, 0.25) is 0 Å². The Labute approximate surface area is 88.3 Å². The van der Waals surface area contributed by atoms with Crippen molar-refractivity contribution in [1.29, 1.82) is 0 Å². The summed E-state index contributed by atoms with van der Waals surface area (Å²) >= 11 is 0. The fourth-order valence-corrected chi connectivity index (χ4v) is 1.11. The number of nitrogens with two attached hydrogens (primary N) is 1. The molecular weight excluding hydrogens is 229 g/mol. The molecule has 0 fully saturated rings. The van der Waals surface area contributed by atoms with E-state index in [1.54, 1.807) is 0 Å². The molecule has 4 N–H and O–H groups in total. The number of halogens is 3. The third kappa shape index (κ3) is 2.74. The van der Waals surface area contributed by atoms with Gasteiger partial charge >= 0.3 is 6.36 Å². The van der Waals surface area contributed by atoms with Gasteiger partial charge in [0.2, 0.25) is 0 Å². The number of nitrogens with zero attached hydrogens (tertiary/aromatic N) is 1. The van der Waals surface area contributed by atoms with E-state index in [-0.39, 0.29) is 17.8 Å². The number of pyridine rings is 1. The van der Waals surface area contributed by atoms with Crippen molar-refractivity contribution in [3.8, 4) is 11.5 Å². The first-order valence-corrected chi connectivity index (χ1v) is 4.15. The van der Waals surface area contributed by atoms with Crippen LogP contribution in [0.25, 0.3) is 0 Å². The van der Waals surface area contributed by atoms with Crippen LogP contribution in [0.15, 0.2) is 6.20 Å². The molecule has 0 saturated heterocycles. The number of hydrogen-bond donors (Lipinski definition) is 3. The zero-order valence-corrected chi connectivity index (χ0v) is 7.95. The minimum Gasteiger partial charge on any atom is -0.506 e. The molecule has 0 spiro atoms. The highest BCUT2D eigenvalue weighted by molar-refractivity contribution is 5.45. The number of aliphatic hydroxyl groups is 1. The highest BCUT2D eigenvalue weighted by atomic mass is 19.4. The molecule has 0 aliphatic carbocycles. The van der Waals surface area contributed by atoms with E-state index in [2.05, 4.69) is 9.72 Å². The van der Waals surface area contributed by atoms with Crippen LogP contribution in [0.5, 0.6) is 11.5 Å². The van der Waals surface area contributed by atoms with Gasteiger partial charge in [0.1, 0.15) is 11.4 Å². The van der Waals surface area contributed by atoms with Crippen molar-refractivity contribution < 1.29 is 28.1 Å². The standard InChI is InChI=1S/C8H9F3N2O3/c9-8(10,11)16-7-4(1-12)6(15)2-13-5(7)3-14/h2,14-15H,1,3,12H2. The first kappa shape index (κ1) is 12.5. The van der Waals surface area contributed by atoms with E-state index < -0.39 is 24.5 Å². The van der Waals surface area contributed by atoms with Gasteiger partial charge in [0, 0.05) is 6.54 Å². The maximum absolute atomic E-state index is 12.1. The summed E-state index contributed by atoms with van der Waals surface area (Å²) in [5.74, 6) is -1.27. The van der Waals surface area contributed by atoms with Crippen LogP contribution in [-0.4, -0.2) is 21.6 Å². The van der Waals surface area contributed by atoms with Gasteiger partial charge in [0.25, 0.3) is 0 Å². The van der Waals surface area contributed by atoms with E-state index >= 15 is 0 Å². The lowest BCUT2D eigenvalue weighted by atomic mass is 10.2. The summed E-state index contributed by atoms with van der Waals surface area (Å²) < 4.78 is 39.8. The number of hydrogen-bond acceptors (Lipinski definition) is 5. The predicted octanol–water partition coefficient (Wildman–Crippen LogP) is 0.637. The highest BCUT2D eigenvalue weighted by Gasteiger charge is 2.34. The minimum absolute atomic E-state index is 0.253. The Kier molecular flexibility index (Phi) is 3.55. The smallest absolute Gasteiger partial charge is 0.506 e. The molecule has 0 bridgehead atoms. The third-order valence-electron chi connectivity index (χ3n) is 1.76. The van der Waals surface area contributed by atoms with E-state index in [9.17, 15) is 18.3 Å². The van der Waals surface area contributed by atoms with Gasteiger partial charge in [-0.25, -0.2) is 0 Å². The summed E-state index contributed by atoms with van der Waals surface area (Å²) in [4.78, 5) is 3.41. The second kappa shape index (κ2) is 4.54. The minimum atomic E-state index is -4.94. The first-order chi connectivity index (χ1) is 7.39. The van der Waals surface area contributed by atoms with Crippen molar-refractivity contribution in [2.45, 2.75) is 19.5 Å². The van der Waals surface area contributed by atoms with Crippen LogP contribution in [0, 0.1) is 0 Å². The molecule has 0 radical (unpaired) electrons. The van der Waals surface area contributed by atoms with Crippen LogP contribution in [0.1, 0.15) is 11.3 Å². The monoisotopic (exact) mass is 238 g/mol. The SMILES string of the molecule is NCc1c(O)cnc(CO)c1OC(F)(F)F. The van der Waals surface area contributed by atoms with Crippen molar-refractivity contribution >= 4 is 0 Å². The number of aromatic hydroxyl groups is 1. The molecular formula is C8H9F3N2O3. The molecule has 0 unspecified atom stereocenters. The average molecular weight is 238 g/mol. The molecule has 0 amide bonds. The van der Waals surface area contributed by atoms with Crippen molar-refractivity contribution in [1.82, 2.24) is 4.98 Å². The van der Waals surface area contributed by atoms with Gasteiger partial charge in [0.05, 0.1) is 18.4 Å². The number of ether oxygens (including phenoxy) is 1. The maximum atomic E-state index is 12.1. The summed E-state index contributed by atoms with van der Waals surface area (Å²) in [5.41, 5.74) is 4.59. The van der Waals surface area contributed by atoms with Crippen LogP contribution < -0.4 is 10.5 Å². The Bertz CT molecular complexity index is 382. The Morgan fingerprint density at radius 1 is 1.44 bits per heavy atom. The molecule has 1 rings (SSSR count). The number of alkyl halides is 3. The zero-order valence-electron chi connectivity index (χ0n) is 7.95.